The molecule has 0 aromatic carbocycles. The summed E-state index contributed by atoms with van der Waals surface area (Å²) in [5.74, 6) is -0.530. The number of allylic oxidation sites excluding steroid dienone is 1. The largest absolute Gasteiger partial charge is 0.264 e. The van der Waals surface area contributed by atoms with Crippen LogP contribution >= 0.6 is 34.8 Å². The molecular formula is C7H8Cl3NO2. The molecule has 0 amide bonds. The highest BCUT2D eigenvalue weighted by molar-refractivity contribution is 6.67. The highest BCUT2D eigenvalue weighted by Crippen LogP contribution is 2.42. The van der Waals surface area contributed by atoms with Crippen LogP contribution in [-0.4, -0.2) is 14.8 Å². The third kappa shape index (κ3) is 2.73. The van der Waals surface area contributed by atoms with E-state index in [-0.39, 0.29) is 4.92 Å². The van der Waals surface area contributed by atoms with Crippen LogP contribution in [0.2, 0.25) is 0 Å². The number of rotatable bonds is 1. The van der Waals surface area contributed by atoms with Gasteiger partial charge >= 0.3 is 0 Å². The molecule has 3 nitrogen and oxygen atoms in total. The Morgan fingerprint density at radius 1 is 1.31 bits per heavy atom. The van der Waals surface area contributed by atoms with Gasteiger partial charge < -0.3 is 0 Å². The molecule has 0 fully saturated rings. The number of hydrogen-bond donors (Lipinski definition) is 0. The van der Waals surface area contributed by atoms with Crippen LogP contribution in [0.1, 0.15) is 12.8 Å². The SMILES string of the molecule is O=[N+]([O-])[C@@H]1CC=CC[C@H]1C(Cl)(Cl)Cl. The number of nitrogens with zero attached hydrogens (tertiary/aromatic N) is 1. The maximum Gasteiger partial charge on any atom is 0.223 e. The Labute approximate surface area is 90.8 Å². The lowest BCUT2D eigenvalue weighted by Gasteiger charge is -2.27. The van der Waals surface area contributed by atoms with Crippen molar-refractivity contribution >= 4 is 34.8 Å². The summed E-state index contributed by atoms with van der Waals surface area (Å²) in [6.07, 6.45) is 4.35. The van der Waals surface area contributed by atoms with Crippen LogP contribution < -0.4 is 0 Å². The zero-order valence-electron chi connectivity index (χ0n) is 6.62. The van der Waals surface area contributed by atoms with Crippen molar-refractivity contribution in [3.05, 3.63) is 22.3 Å². The van der Waals surface area contributed by atoms with E-state index in [9.17, 15) is 10.1 Å². The minimum absolute atomic E-state index is 0.339. The zero-order valence-corrected chi connectivity index (χ0v) is 8.89. The predicted molar refractivity (Wildman–Crippen MR) is 52.9 cm³/mol. The molecule has 13 heavy (non-hydrogen) atoms. The maximum absolute atomic E-state index is 10.6. The first-order chi connectivity index (χ1) is 5.93. The van der Waals surface area contributed by atoms with E-state index < -0.39 is 15.8 Å². The minimum atomic E-state index is -1.55. The van der Waals surface area contributed by atoms with Crippen LogP contribution in [0.4, 0.5) is 0 Å². The molecule has 1 aliphatic rings. The van der Waals surface area contributed by atoms with E-state index >= 15 is 0 Å². The molecule has 0 radical (unpaired) electrons. The van der Waals surface area contributed by atoms with Gasteiger partial charge in [-0.1, -0.05) is 47.0 Å². The quantitative estimate of drug-likeness (QED) is 0.308. The fourth-order valence-electron chi connectivity index (χ4n) is 1.38. The summed E-state index contributed by atoms with van der Waals surface area (Å²) in [5.41, 5.74) is 0. The summed E-state index contributed by atoms with van der Waals surface area (Å²) in [4.78, 5) is 10.2. The Hall–Kier alpha value is 0.01000. The Morgan fingerprint density at radius 3 is 2.23 bits per heavy atom. The van der Waals surface area contributed by atoms with E-state index in [1.165, 1.54) is 0 Å². The molecule has 0 aromatic heterocycles. The van der Waals surface area contributed by atoms with Gasteiger partial charge in [-0.2, -0.15) is 0 Å². The molecule has 0 bridgehead atoms. The molecule has 0 saturated carbocycles. The van der Waals surface area contributed by atoms with Gasteiger partial charge in [-0.15, -0.1) is 0 Å². The van der Waals surface area contributed by atoms with Crippen LogP contribution in [0.25, 0.3) is 0 Å². The van der Waals surface area contributed by atoms with Gasteiger partial charge in [0.1, 0.15) is 0 Å². The number of alkyl halides is 3. The summed E-state index contributed by atoms with van der Waals surface area (Å²) < 4.78 is -1.55. The third-order valence-electron chi connectivity index (χ3n) is 2.09. The molecule has 74 valence electrons. The van der Waals surface area contributed by atoms with Crippen molar-refractivity contribution in [1.82, 2.24) is 0 Å². The molecular weight excluding hydrogens is 236 g/mol. The second-order valence-electron chi connectivity index (χ2n) is 2.94. The lowest BCUT2D eigenvalue weighted by molar-refractivity contribution is -0.531. The smallest absolute Gasteiger partial charge is 0.223 e. The molecule has 0 unspecified atom stereocenters. The van der Waals surface area contributed by atoms with E-state index in [2.05, 4.69) is 0 Å². The molecule has 0 aromatic rings. The van der Waals surface area contributed by atoms with Crippen LogP contribution in [0.3, 0.4) is 0 Å². The van der Waals surface area contributed by atoms with E-state index in [1.807, 2.05) is 6.08 Å². The molecule has 1 aliphatic carbocycles. The van der Waals surface area contributed by atoms with E-state index in [4.69, 9.17) is 34.8 Å². The summed E-state index contributed by atoms with van der Waals surface area (Å²) in [6.45, 7) is 0. The fraction of sp³-hybridized carbons (Fsp3) is 0.714. The summed E-state index contributed by atoms with van der Waals surface area (Å²) in [5, 5.41) is 10.6. The molecule has 2 atom stereocenters. The van der Waals surface area contributed by atoms with Gasteiger partial charge in [0, 0.05) is 11.3 Å². The topological polar surface area (TPSA) is 43.1 Å². The minimum Gasteiger partial charge on any atom is -0.264 e. The van der Waals surface area contributed by atoms with Crippen LogP contribution in [0.15, 0.2) is 12.2 Å². The van der Waals surface area contributed by atoms with Crippen molar-refractivity contribution in [2.75, 3.05) is 0 Å². The van der Waals surface area contributed by atoms with Gasteiger partial charge in [-0.3, -0.25) is 10.1 Å². The fourth-order valence-corrected chi connectivity index (χ4v) is 2.09. The average Bonchev–Trinajstić information content (AvgIpc) is 2.03. The summed E-state index contributed by atoms with van der Waals surface area (Å²) in [7, 11) is 0. The van der Waals surface area contributed by atoms with Gasteiger partial charge in [0.05, 0.1) is 5.92 Å². The molecule has 6 heteroatoms. The standard InChI is InChI=1S/C7H8Cl3NO2/c8-7(9,10)5-3-1-2-4-6(5)11(12)13/h1-2,5-6H,3-4H2/t5-,6-/m1/s1. The number of nitro groups is 1. The monoisotopic (exact) mass is 243 g/mol. The van der Waals surface area contributed by atoms with Gasteiger partial charge in [0.15, 0.2) is 3.79 Å². The first kappa shape index (κ1) is 11.1. The second kappa shape index (κ2) is 4.03. The van der Waals surface area contributed by atoms with Gasteiger partial charge in [-0.05, 0) is 6.42 Å². The van der Waals surface area contributed by atoms with Gasteiger partial charge in [0.2, 0.25) is 6.04 Å². The van der Waals surface area contributed by atoms with Crippen molar-refractivity contribution < 1.29 is 4.92 Å². The van der Waals surface area contributed by atoms with Gasteiger partial charge in [0.25, 0.3) is 0 Å². The number of hydrogen-bond acceptors (Lipinski definition) is 2. The van der Waals surface area contributed by atoms with Crippen LogP contribution in [-0.2, 0) is 0 Å². The van der Waals surface area contributed by atoms with E-state index in [0.29, 0.717) is 12.8 Å². The molecule has 0 heterocycles. The van der Waals surface area contributed by atoms with Crippen molar-refractivity contribution in [1.29, 1.82) is 0 Å². The second-order valence-corrected chi connectivity index (χ2v) is 5.31. The Kier molecular flexibility index (Phi) is 3.44. The van der Waals surface area contributed by atoms with E-state index in [0.717, 1.165) is 0 Å². The lowest BCUT2D eigenvalue weighted by Crippen LogP contribution is -2.38. The first-order valence-corrected chi connectivity index (χ1v) is 4.91. The zero-order chi connectivity index (χ0) is 10.1. The Balaban J connectivity index is 2.81. The summed E-state index contributed by atoms with van der Waals surface area (Å²) in [6, 6.07) is -0.780. The molecule has 0 N–H and O–H groups in total. The number of halogens is 3. The lowest BCUT2D eigenvalue weighted by atomic mass is 9.91. The molecule has 0 aliphatic heterocycles. The molecule has 1 rings (SSSR count). The normalized spacial score (nSPS) is 28.8. The third-order valence-corrected chi connectivity index (χ3v) is 2.93. The molecule has 0 spiro atoms. The van der Waals surface area contributed by atoms with E-state index in [1.54, 1.807) is 6.08 Å². The first-order valence-electron chi connectivity index (χ1n) is 3.78. The summed E-state index contributed by atoms with van der Waals surface area (Å²) >= 11 is 16.9. The highest BCUT2D eigenvalue weighted by atomic mass is 35.6. The highest BCUT2D eigenvalue weighted by Gasteiger charge is 2.44. The Morgan fingerprint density at radius 2 is 1.85 bits per heavy atom. The van der Waals surface area contributed by atoms with Crippen LogP contribution in [0.5, 0.6) is 0 Å². The van der Waals surface area contributed by atoms with Crippen molar-refractivity contribution in [2.24, 2.45) is 5.92 Å². The van der Waals surface area contributed by atoms with Crippen LogP contribution in [0, 0.1) is 16.0 Å². The average molecular weight is 245 g/mol. The Bertz CT molecular complexity index is 236. The van der Waals surface area contributed by atoms with Crippen molar-refractivity contribution in [2.45, 2.75) is 22.7 Å². The maximum atomic E-state index is 10.6. The van der Waals surface area contributed by atoms with Crippen molar-refractivity contribution in [3.8, 4) is 0 Å². The van der Waals surface area contributed by atoms with Crippen molar-refractivity contribution in [3.63, 3.8) is 0 Å². The van der Waals surface area contributed by atoms with Gasteiger partial charge in [-0.25, -0.2) is 0 Å². The predicted octanol–water partition coefficient (Wildman–Crippen LogP) is 2.97. The molecule has 0 saturated heterocycles.